The minimum Gasteiger partial charge on any atom is -0.465 e. The van der Waals surface area contributed by atoms with Crippen LogP contribution in [0.2, 0.25) is 0 Å². The lowest BCUT2D eigenvalue weighted by atomic mass is 9.74. The van der Waals surface area contributed by atoms with Gasteiger partial charge in [0.2, 0.25) is 0 Å². The summed E-state index contributed by atoms with van der Waals surface area (Å²) in [6.07, 6.45) is 7.89. The molecule has 1 saturated heterocycles. The van der Waals surface area contributed by atoms with Crippen LogP contribution in [0.25, 0.3) is 0 Å². The van der Waals surface area contributed by atoms with Gasteiger partial charge in [-0.15, -0.1) is 0 Å². The van der Waals surface area contributed by atoms with Crippen LogP contribution in [0.1, 0.15) is 77.7 Å². The van der Waals surface area contributed by atoms with Crippen LogP contribution < -0.4 is 0 Å². The van der Waals surface area contributed by atoms with E-state index in [2.05, 4.69) is 13.8 Å². The molecule has 5 heteroatoms. The molecule has 3 rings (SSSR count). The second-order valence-corrected chi connectivity index (χ2v) is 9.45. The molecule has 31 heavy (non-hydrogen) atoms. The van der Waals surface area contributed by atoms with Crippen molar-refractivity contribution in [1.29, 1.82) is 0 Å². The van der Waals surface area contributed by atoms with Crippen molar-refractivity contribution in [2.24, 2.45) is 17.8 Å². The lowest BCUT2D eigenvalue weighted by Gasteiger charge is -2.29. The molecule has 0 amide bonds. The molecule has 0 N–H and O–H groups in total. The maximum Gasteiger partial charge on any atom is 0.310 e. The van der Waals surface area contributed by atoms with Gasteiger partial charge >= 0.3 is 11.9 Å². The van der Waals surface area contributed by atoms with Crippen molar-refractivity contribution in [3.05, 3.63) is 35.9 Å². The zero-order valence-electron chi connectivity index (χ0n) is 19.3. The molecule has 1 heterocycles. The first-order valence-corrected chi connectivity index (χ1v) is 12.0. The van der Waals surface area contributed by atoms with Gasteiger partial charge in [-0.3, -0.25) is 9.59 Å². The third-order valence-corrected chi connectivity index (χ3v) is 6.82. The molecule has 2 fully saturated rings. The number of carbonyl (C=O) groups excluding carboxylic acids is 2. The fraction of sp³-hybridized carbons (Fsp3) is 0.692. The van der Waals surface area contributed by atoms with E-state index < -0.39 is 11.8 Å². The summed E-state index contributed by atoms with van der Waals surface area (Å²) >= 11 is 0. The van der Waals surface area contributed by atoms with Crippen molar-refractivity contribution in [2.45, 2.75) is 90.4 Å². The Balaban J connectivity index is 1.57. The summed E-state index contributed by atoms with van der Waals surface area (Å²) in [4.78, 5) is 25.9. The normalized spacial score (nSPS) is 27.8. The zero-order valence-corrected chi connectivity index (χ0v) is 19.3. The number of unbranched alkanes of at least 4 members (excludes halogenated alkanes) is 2. The number of rotatable bonds is 12. The fourth-order valence-corrected chi connectivity index (χ4v) is 4.79. The minimum absolute atomic E-state index is 0.0349. The van der Waals surface area contributed by atoms with E-state index in [1.165, 1.54) is 19.3 Å². The van der Waals surface area contributed by atoms with Gasteiger partial charge in [0.05, 0.1) is 30.1 Å². The van der Waals surface area contributed by atoms with Gasteiger partial charge in [0.1, 0.15) is 6.61 Å². The molecule has 0 bridgehead atoms. The maximum absolute atomic E-state index is 13.0. The molecule has 2 aliphatic rings. The van der Waals surface area contributed by atoms with Gasteiger partial charge in [0.15, 0.2) is 0 Å². The molecule has 1 aromatic carbocycles. The summed E-state index contributed by atoms with van der Waals surface area (Å²) in [5, 5.41) is 0. The first-order chi connectivity index (χ1) is 15.0. The van der Waals surface area contributed by atoms with Crippen LogP contribution >= 0.6 is 0 Å². The molecule has 1 aliphatic carbocycles. The molecular weight excluding hydrogens is 392 g/mol. The Morgan fingerprint density at radius 3 is 2.48 bits per heavy atom. The number of epoxide rings is 1. The number of fused-ring (bicyclic) bond motifs is 1. The lowest BCUT2D eigenvalue weighted by molar-refractivity contribution is -0.164. The van der Waals surface area contributed by atoms with Crippen molar-refractivity contribution in [3.8, 4) is 0 Å². The van der Waals surface area contributed by atoms with Crippen LogP contribution in [-0.2, 0) is 30.4 Å². The van der Waals surface area contributed by atoms with Crippen LogP contribution in [0, 0.1) is 17.8 Å². The van der Waals surface area contributed by atoms with Gasteiger partial charge in [0.25, 0.3) is 0 Å². The fourth-order valence-electron chi connectivity index (χ4n) is 4.79. The third kappa shape index (κ3) is 6.55. The quantitative estimate of drug-likeness (QED) is 0.250. The average Bonchev–Trinajstić information content (AvgIpc) is 3.45. The molecule has 0 spiro atoms. The molecular formula is C26H38O5. The van der Waals surface area contributed by atoms with Gasteiger partial charge in [-0.25, -0.2) is 0 Å². The predicted molar refractivity (Wildman–Crippen MR) is 119 cm³/mol. The standard InChI is InChI=1S/C26H38O5/c1-4-6-8-12-19(11-5-2)17-30-25(28)22-16-26(3)23(31-26)15-21(22)24(27)29-18-20-13-9-7-10-14-20/h7,9-10,13-14,19,21-23H,4-6,8,11-12,15-18H2,1-3H3. The molecule has 5 nitrogen and oxygen atoms in total. The van der Waals surface area contributed by atoms with Gasteiger partial charge in [-0.05, 0) is 44.1 Å². The number of carbonyl (C=O) groups is 2. The van der Waals surface area contributed by atoms with E-state index in [9.17, 15) is 9.59 Å². The first kappa shape index (κ1) is 23.8. The summed E-state index contributed by atoms with van der Waals surface area (Å²) in [5.74, 6) is -1.19. The van der Waals surface area contributed by atoms with Crippen LogP contribution in [-0.4, -0.2) is 30.3 Å². The SMILES string of the molecule is CCCCCC(CCC)COC(=O)C1CC2(C)OC2CC1C(=O)OCc1ccccc1. The van der Waals surface area contributed by atoms with Crippen molar-refractivity contribution in [2.75, 3.05) is 6.61 Å². The summed E-state index contributed by atoms with van der Waals surface area (Å²) in [7, 11) is 0. The van der Waals surface area contributed by atoms with E-state index in [1.54, 1.807) is 0 Å². The topological polar surface area (TPSA) is 65.1 Å². The van der Waals surface area contributed by atoms with Crippen molar-refractivity contribution < 1.29 is 23.8 Å². The predicted octanol–water partition coefficient (Wildman–Crippen LogP) is 5.45. The van der Waals surface area contributed by atoms with E-state index in [0.717, 1.165) is 24.8 Å². The molecule has 0 radical (unpaired) electrons. The second kappa shape index (κ2) is 11.1. The Morgan fingerprint density at radius 2 is 1.77 bits per heavy atom. The highest BCUT2D eigenvalue weighted by molar-refractivity contribution is 5.83. The highest BCUT2D eigenvalue weighted by Crippen LogP contribution is 2.52. The molecule has 172 valence electrons. The van der Waals surface area contributed by atoms with Crippen LogP contribution in [0.3, 0.4) is 0 Å². The van der Waals surface area contributed by atoms with Gasteiger partial charge in [0, 0.05) is 0 Å². The summed E-state index contributed by atoms with van der Waals surface area (Å²) in [6, 6.07) is 9.61. The number of benzene rings is 1. The van der Waals surface area contributed by atoms with Crippen molar-refractivity contribution >= 4 is 11.9 Å². The first-order valence-electron chi connectivity index (χ1n) is 12.0. The Hall–Kier alpha value is -1.88. The number of ether oxygens (including phenoxy) is 3. The Morgan fingerprint density at radius 1 is 1.03 bits per heavy atom. The Bertz CT molecular complexity index is 718. The lowest BCUT2D eigenvalue weighted by Crippen LogP contribution is -2.40. The molecule has 5 unspecified atom stereocenters. The highest BCUT2D eigenvalue weighted by atomic mass is 16.6. The van der Waals surface area contributed by atoms with Gasteiger partial charge in [-0.1, -0.05) is 69.9 Å². The van der Waals surface area contributed by atoms with Crippen LogP contribution in [0.4, 0.5) is 0 Å². The highest BCUT2D eigenvalue weighted by Gasteiger charge is 2.61. The molecule has 1 aromatic rings. The van der Waals surface area contributed by atoms with Gasteiger partial charge in [-0.2, -0.15) is 0 Å². The van der Waals surface area contributed by atoms with E-state index in [-0.39, 0.29) is 30.3 Å². The van der Waals surface area contributed by atoms with E-state index >= 15 is 0 Å². The second-order valence-electron chi connectivity index (χ2n) is 9.45. The third-order valence-electron chi connectivity index (χ3n) is 6.82. The molecule has 5 atom stereocenters. The minimum atomic E-state index is -0.499. The van der Waals surface area contributed by atoms with E-state index in [4.69, 9.17) is 14.2 Å². The summed E-state index contributed by atoms with van der Waals surface area (Å²) in [6.45, 7) is 7.05. The number of esters is 2. The smallest absolute Gasteiger partial charge is 0.310 e. The summed E-state index contributed by atoms with van der Waals surface area (Å²) in [5.41, 5.74) is 0.636. The molecule has 1 saturated carbocycles. The number of hydrogen-bond donors (Lipinski definition) is 0. The number of hydrogen-bond acceptors (Lipinski definition) is 5. The zero-order chi connectivity index (χ0) is 22.3. The summed E-state index contributed by atoms with van der Waals surface area (Å²) < 4.78 is 17.2. The van der Waals surface area contributed by atoms with Crippen LogP contribution in [0.15, 0.2) is 30.3 Å². The van der Waals surface area contributed by atoms with Crippen molar-refractivity contribution in [3.63, 3.8) is 0 Å². The van der Waals surface area contributed by atoms with Gasteiger partial charge < -0.3 is 14.2 Å². The maximum atomic E-state index is 13.0. The molecule has 1 aliphatic heterocycles. The van der Waals surface area contributed by atoms with E-state index in [0.29, 0.717) is 25.4 Å². The van der Waals surface area contributed by atoms with Crippen molar-refractivity contribution in [1.82, 2.24) is 0 Å². The average molecular weight is 431 g/mol. The Labute approximate surface area is 186 Å². The Kier molecular flexibility index (Phi) is 8.53. The molecule has 0 aromatic heterocycles. The monoisotopic (exact) mass is 430 g/mol. The largest absolute Gasteiger partial charge is 0.465 e. The van der Waals surface area contributed by atoms with E-state index in [1.807, 2.05) is 37.3 Å². The van der Waals surface area contributed by atoms with Crippen LogP contribution in [0.5, 0.6) is 0 Å².